The lowest BCUT2D eigenvalue weighted by Gasteiger charge is -2.14. The maximum Gasteiger partial charge on any atom is 0.240 e. The molecule has 0 saturated carbocycles. The number of carbonyl (C=O) groups excluding carboxylic acids is 1. The van der Waals surface area contributed by atoms with Gasteiger partial charge in [-0.1, -0.05) is 17.7 Å². The molecule has 1 aromatic carbocycles. The molecule has 0 aliphatic heterocycles. The molecule has 0 aromatic heterocycles. The number of methoxy groups -OCH3 is 2. The van der Waals surface area contributed by atoms with Gasteiger partial charge in [0.2, 0.25) is 5.91 Å². The molecular weight excluding hydrogens is 253 g/mol. The maximum absolute atomic E-state index is 11.0. The van der Waals surface area contributed by atoms with E-state index < -0.39 is 11.3 Å². The first-order chi connectivity index (χ1) is 7.52. The highest BCUT2D eigenvalue weighted by molar-refractivity contribution is 6.36. The van der Waals surface area contributed by atoms with E-state index in [1.54, 1.807) is 12.1 Å². The van der Waals surface area contributed by atoms with Gasteiger partial charge in [0.15, 0.2) is 11.5 Å². The number of halogens is 2. The fourth-order valence-electron chi connectivity index (χ4n) is 1.25. The van der Waals surface area contributed by atoms with E-state index in [4.69, 9.17) is 38.4 Å². The molecular formula is C10H11Cl2NO3. The zero-order chi connectivity index (χ0) is 12.3. The Bertz CT molecular complexity index is 409. The normalized spacial score (nSPS) is 12.0. The zero-order valence-electron chi connectivity index (χ0n) is 8.79. The number of carbonyl (C=O) groups is 1. The van der Waals surface area contributed by atoms with Crippen LogP contribution in [0.25, 0.3) is 0 Å². The van der Waals surface area contributed by atoms with Gasteiger partial charge in [-0.3, -0.25) is 4.79 Å². The summed E-state index contributed by atoms with van der Waals surface area (Å²) in [6.45, 7) is 0. The highest BCUT2D eigenvalue weighted by Crippen LogP contribution is 2.40. The number of hydrogen-bond donors (Lipinski definition) is 1. The predicted octanol–water partition coefficient (Wildman–Crippen LogP) is 2.12. The molecule has 0 radical (unpaired) electrons. The van der Waals surface area contributed by atoms with Gasteiger partial charge in [-0.05, 0) is 6.07 Å². The molecule has 0 fully saturated rings. The van der Waals surface area contributed by atoms with Gasteiger partial charge < -0.3 is 15.2 Å². The third kappa shape index (κ3) is 2.33. The Kier molecular flexibility index (Phi) is 4.26. The Hall–Kier alpha value is -1.13. The van der Waals surface area contributed by atoms with Crippen LogP contribution in [-0.2, 0) is 4.79 Å². The summed E-state index contributed by atoms with van der Waals surface area (Å²) in [4.78, 5) is 11.0. The summed E-state index contributed by atoms with van der Waals surface area (Å²) in [6.07, 6.45) is 0. The summed E-state index contributed by atoms with van der Waals surface area (Å²) in [7, 11) is 2.93. The van der Waals surface area contributed by atoms with E-state index in [9.17, 15) is 4.79 Å². The summed E-state index contributed by atoms with van der Waals surface area (Å²) in [6, 6.07) is 3.18. The number of amides is 1. The fourth-order valence-corrected chi connectivity index (χ4v) is 1.83. The number of hydrogen-bond acceptors (Lipinski definition) is 3. The largest absolute Gasteiger partial charge is 0.493 e. The summed E-state index contributed by atoms with van der Waals surface area (Å²) in [5.74, 6) is 0.119. The topological polar surface area (TPSA) is 61.5 Å². The van der Waals surface area contributed by atoms with Gasteiger partial charge in [0, 0.05) is 5.56 Å². The average molecular weight is 264 g/mol. The van der Waals surface area contributed by atoms with Crippen LogP contribution < -0.4 is 15.2 Å². The van der Waals surface area contributed by atoms with Crippen molar-refractivity contribution in [1.82, 2.24) is 0 Å². The lowest BCUT2D eigenvalue weighted by atomic mass is 10.1. The molecule has 16 heavy (non-hydrogen) atoms. The molecule has 4 nitrogen and oxygen atoms in total. The van der Waals surface area contributed by atoms with Crippen LogP contribution in [0, 0.1) is 0 Å². The monoisotopic (exact) mass is 263 g/mol. The second kappa shape index (κ2) is 5.27. The molecule has 0 saturated heterocycles. The van der Waals surface area contributed by atoms with Crippen molar-refractivity contribution in [1.29, 1.82) is 0 Å². The van der Waals surface area contributed by atoms with Crippen molar-refractivity contribution in [3.63, 3.8) is 0 Å². The maximum atomic E-state index is 11.0. The van der Waals surface area contributed by atoms with Gasteiger partial charge in [0.05, 0.1) is 19.2 Å². The predicted molar refractivity (Wildman–Crippen MR) is 62.3 cm³/mol. The zero-order valence-corrected chi connectivity index (χ0v) is 10.3. The molecule has 1 aromatic rings. The standard InChI is InChI=1S/C10H11Cl2NO3/c1-15-6-4-3-5(8(12)10(13)14)7(11)9(6)16-2/h3-4,8H,1-2H3,(H2,13,14). The lowest BCUT2D eigenvalue weighted by Crippen LogP contribution is -2.17. The number of benzene rings is 1. The Morgan fingerprint density at radius 2 is 2.00 bits per heavy atom. The summed E-state index contributed by atoms with van der Waals surface area (Å²) < 4.78 is 10.1. The molecule has 1 amide bonds. The quantitative estimate of drug-likeness (QED) is 0.847. The van der Waals surface area contributed by atoms with E-state index in [-0.39, 0.29) is 5.02 Å². The fraction of sp³-hybridized carbons (Fsp3) is 0.300. The molecule has 1 unspecified atom stereocenters. The van der Waals surface area contributed by atoms with Crippen LogP contribution in [-0.4, -0.2) is 20.1 Å². The van der Waals surface area contributed by atoms with Crippen molar-refractivity contribution in [3.8, 4) is 11.5 Å². The first kappa shape index (κ1) is 12.9. The van der Waals surface area contributed by atoms with Crippen LogP contribution in [0.15, 0.2) is 12.1 Å². The third-order valence-corrected chi connectivity index (χ3v) is 2.88. The molecule has 1 atom stereocenters. The molecule has 2 N–H and O–H groups in total. The molecule has 0 aliphatic rings. The van der Waals surface area contributed by atoms with Gasteiger partial charge in [-0.2, -0.15) is 0 Å². The second-order valence-corrected chi connectivity index (χ2v) is 3.78. The van der Waals surface area contributed by atoms with Crippen molar-refractivity contribution < 1.29 is 14.3 Å². The second-order valence-electron chi connectivity index (χ2n) is 2.97. The minimum absolute atomic E-state index is 0.223. The van der Waals surface area contributed by atoms with Crippen LogP contribution in [0.2, 0.25) is 5.02 Å². The van der Waals surface area contributed by atoms with E-state index in [1.165, 1.54) is 14.2 Å². The van der Waals surface area contributed by atoms with Crippen molar-refractivity contribution in [2.24, 2.45) is 5.73 Å². The van der Waals surface area contributed by atoms with Crippen LogP contribution in [0.3, 0.4) is 0 Å². The van der Waals surface area contributed by atoms with Crippen LogP contribution >= 0.6 is 23.2 Å². The summed E-state index contributed by atoms with van der Waals surface area (Å²) in [5.41, 5.74) is 5.49. The number of rotatable bonds is 4. The molecule has 6 heteroatoms. The van der Waals surface area contributed by atoms with Crippen LogP contribution in [0.5, 0.6) is 11.5 Å². The molecule has 0 aliphatic carbocycles. The summed E-state index contributed by atoms with van der Waals surface area (Å²) in [5, 5.41) is -0.770. The minimum Gasteiger partial charge on any atom is -0.493 e. The van der Waals surface area contributed by atoms with Gasteiger partial charge in [-0.15, -0.1) is 11.6 Å². The van der Waals surface area contributed by atoms with E-state index >= 15 is 0 Å². The smallest absolute Gasteiger partial charge is 0.240 e. The van der Waals surface area contributed by atoms with Gasteiger partial charge in [0.25, 0.3) is 0 Å². The molecule has 88 valence electrons. The highest BCUT2D eigenvalue weighted by Gasteiger charge is 2.22. The van der Waals surface area contributed by atoms with Crippen molar-refractivity contribution in [2.75, 3.05) is 14.2 Å². The first-order valence-electron chi connectivity index (χ1n) is 4.36. The number of ether oxygens (including phenoxy) is 2. The Morgan fingerprint density at radius 3 is 2.44 bits per heavy atom. The van der Waals surface area contributed by atoms with Gasteiger partial charge in [0.1, 0.15) is 5.38 Å². The molecule has 1 rings (SSSR count). The Morgan fingerprint density at radius 1 is 1.38 bits per heavy atom. The van der Waals surface area contributed by atoms with E-state index in [2.05, 4.69) is 0 Å². The first-order valence-corrected chi connectivity index (χ1v) is 5.18. The average Bonchev–Trinajstić information content (AvgIpc) is 2.27. The van der Waals surface area contributed by atoms with Gasteiger partial charge >= 0.3 is 0 Å². The number of nitrogens with two attached hydrogens (primary N) is 1. The SMILES string of the molecule is COc1ccc(C(Cl)C(N)=O)c(Cl)c1OC. The molecule has 0 heterocycles. The van der Waals surface area contributed by atoms with E-state index in [1.807, 2.05) is 0 Å². The van der Waals surface area contributed by atoms with Crippen LogP contribution in [0.4, 0.5) is 0 Å². The molecule has 0 bridgehead atoms. The molecule has 0 spiro atoms. The van der Waals surface area contributed by atoms with E-state index in [0.717, 1.165) is 0 Å². The lowest BCUT2D eigenvalue weighted by molar-refractivity contribution is -0.117. The van der Waals surface area contributed by atoms with Crippen LogP contribution in [0.1, 0.15) is 10.9 Å². The Balaban J connectivity index is 3.29. The van der Waals surface area contributed by atoms with Crippen molar-refractivity contribution >= 4 is 29.1 Å². The Labute approximate surface area is 103 Å². The number of primary amides is 1. The van der Waals surface area contributed by atoms with Crippen molar-refractivity contribution in [2.45, 2.75) is 5.38 Å². The number of alkyl halides is 1. The van der Waals surface area contributed by atoms with Gasteiger partial charge in [-0.25, -0.2) is 0 Å². The third-order valence-electron chi connectivity index (χ3n) is 2.04. The highest BCUT2D eigenvalue weighted by atomic mass is 35.5. The summed E-state index contributed by atoms with van der Waals surface area (Å²) >= 11 is 11.9. The minimum atomic E-state index is -0.993. The van der Waals surface area contributed by atoms with Crippen molar-refractivity contribution in [3.05, 3.63) is 22.7 Å². The van der Waals surface area contributed by atoms with E-state index in [0.29, 0.717) is 17.1 Å².